The Balaban J connectivity index is 1.37. The zero-order valence-electron chi connectivity index (χ0n) is 26.6. The molecule has 5 aromatic heterocycles. The largest absolute Gasteiger partial charge is 0.304 e. The fraction of sp³-hybridized carbons (Fsp3) is 0. The van der Waals surface area contributed by atoms with Crippen molar-refractivity contribution in [2.24, 2.45) is 0 Å². The van der Waals surface area contributed by atoms with Gasteiger partial charge < -0.3 is 4.57 Å². The van der Waals surface area contributed by atoms with E-state index >= 15 is 0 Å². The highest BCUT2D eigenvalue weighted by atomic mass is 32.1. The summed E-state index contributed by atoms with van der Waals surface area (Å²) in [5, 5.41) is 2.05. The number of benzene rings is 4. The van der Waals surface area contributed by atoms with Crippen LogP contribution in [0, 0.1) is 0 Å². The molecule has 0 saturated carbocycles. The molecule has 1 aliphatic rings. The summed E-state index contributed by atoms with van der Waals surface area (Å²) in [6, 6.07) is 49.8. The van der Waals surface area contributed by atoms with E-state index in [-0.39, 0.29) is 6.71 Å². The second-order valence-corrected chi connectivity index (χ2v) is 13.2. The molecule has 234 valence electrons. The van der Waals surface area contributed by atoms with Gasteiger partial charge in [0.25, 0.3) is 6.71 Å². The third-order valence-electron chi connectivity index (χ3n) is 9.22. The van der Waals surface area contributed by atoms with Crippen molar-refractivity contribution in [1.82, 2.24) is 29.5 Å². The predicted octanol–water partition coefficient (Wildman–Crippen LogP) is 7.45. The van der Waals surface area contributed by atoms with Crippen LogP contribution in [0.5, 0.6) is 0 Å². The summed E-state index contributed by atoms with van der Waals surface area (Å²) in [6.45, 7) is -0.116. The predicted molar refractivity (Wildman–Crippen MR) is 204 cm³/mol. The summed E-state index contributed by atoms with van der Waals surface area (Å²) in [6.07, 6.45) is 3.74. The molecule has 6 heterocycles. The van der Waals surface area contributed by atoms with E-state index in [4.69, 9.17) is 24.9 Å². The molecule has 0 unspecified atom stereocenters. The van der Waals surface area contributed by atoms with Crippen LogP contribution in [-0.2, 0) is 0 Å². The van der Waals surface area contributed by atoms with Crippen LogP contribution in [0.15, 0.2) is 158 Å². The van der Waals surface area contributed by atoms with E-state index in [0.717, 1.165) is 55.0 Å². The van der Waals surface area contributed by atoms with Gasteiger partial charge in [-0.15, -0.1) is 11.3 Å². The van der Waals surface area contributed by atoms with Crippen LogP contribution >= 0.6 is 11.3 Å². The molecule has 0 bridgehead atoms. The number of rotatable bonds is 5. The Morgan fingerprint density at radius 2 is 1.10 bits per heavy atom. The number of nitrogens with zero attached hydrogens (tertiary/aromatic N) is 7. The number of pyridine rings is 2. The van der Waals surface area contributed by atoms with Gasteiger partial charge in [0, 0.05) is 50.4 Å². The number of fused-ring (bicyclic) bond motifs is 6. The summed E-state index contributed by atoms with van der Waals surface area (Å²) in [7, 11) is 0. The zero-order chi connectivity index (χ0) is 33.0. The molecule has 50 heavy (non-hydrogen) atoms. The Morgan fingerprint density at radius 3 is 1.76 bits per heavy atom. The minimum Gasteiger partial charge on any atom is -0.304 e. The Bertz CT molecular complexity index is 2600. The Morgan fingerprint density at radius 1 is 0.520 bits per heavy atom. The van der Waals surface area contributed by atoms with Crippen LogP contribution in [0.1, 0.15) is 0 Å². The van der Waals surface area contributed by atoms with Crippen molar-refractivity contribution in [2.45, 2.75) is 0 Å². The smallest absolute Gasteiger partial charge is 0.281 e. The lowest BCUT2D eigenvalue weighted by molar-refractivity contribution is 1.03. The maximum atomic E-state index is 5.28. The molecule has 10 rings (SSSR count). The van der Waals surface area contributed by atoms with Gasteiger partial charge in [-0.05, 0) is 36.4 Å². The lowest BCUT2D eigenvalue weighted by atomic mass is 9.40. The van der Waals surface area contributed by atoms with Gasteiger partial charge in [-0.3, -0.25) is 4.90 Å². The molecular formula is C41H26BN7S. The summed E-state index contributed by atoms with van der Waals surface area (Å²) >= 11 is 1.72. The molecular weight excluding hydrogens is 633 g/mol. The molecule has 9 aromatic rings. The molecule has 0 atom stereocenters. The quantitative estimate of drug-likeness (QED) is 0.179. The van der Waals surface area contributed by atoms with Crippen molar-refractivity contribution in [2.75, 3.05) is 4.90 Å². The number of aromatic nitrogens is 6. The fourth-order valence-corrected chi connectivity index (χ4v) is 8.37. The van der Waals surface area contributed by atoms with Crippen molar-refractivity contribution in [3.8, 4) is 28.5 Å². The first-order chi connectivity index (χ1) is 24.8. The lowest BCUT2D eigenvalue weighted by Gasteiger charge is -2.33. The Hall–Kier alpha value is -6.45. The van der Waals surface area contributed by atoms with E-state index in [1.165, 1.54) is 10.2 Å². The van der Waals surface area contributed by atoms with Gasteiger partial charge in [0.05, 0.1) is 11.4 Å². The average Bonchev–Trinajstić information content (AvgIpc) is 3.74. The van der Waals surface area contributed by atoms with Gasteiger partial charge >= 0.3 is 0 Å². The van der Waals surface area contributed by atoms with E-state index in [0.29, 0.717) is 17.6 Å². The molecule has 0 fully saturated rings. The third-order valence-corrected chi connectivity index (χ3v) is 10.4. The molecule has 7 nitrogen and oxygen atoms in total. The number of anilines is 3. The molecule has 0 N–H and O–H groups in total. The third kappa shape index (κ3) is 4.48. The molecule has 0 radical (unpaired) electrons. The molecule has 0 aliphatic carbocycles. The summed E-state index contributed by atoms with van der Waals surface area (Å²) in [5.74, 6) is 1.74. The number of thiophene rings is 1. The van der Waals surface area contributed by atoms with Crippen LogP contribution < -0.4 is 20.7 Å². The van der Waals surface area contributed by atoms with Crippen LogP contribution in [0.4, 0.5) is 17.3 Å². The van der Waals surface area contributed by atoms with Crippen molar-refractivity contribution in [3.05, 3.63) is 158 Å². The number of hydrogen-bond acceptors (Lipinski definition) is 7. The van der Waals surface area contributed by atoms with E-state index < -0.39 is 0 Å². The minimum absolute atomic E-state index is 0.116. The monoisotopic (exact) mass is 659 g/mol. The highest BCUT2D eigenvalue weighted by Crippen LogP contribution is 2.45. The summed E-state index contributed by atoms with van der Waals surface area (Å²) < 4.78 is 3.48. The van der Waals surface area contributed by atoms with Gasteiger partial charge in [0.1, 0.15) is 10.5 Å². The maximum absolute atomic E-state index is 5.28. The van der Waals surface area contributed by atoms with Gasteiger partial charge in [-0.25, -0.2) is 15.0 Å². The van der Waals surface area contributed by atoms with Gasteiger partial charge in [-0.2, -0.15) is 9.97 Å². The average molecular weight is 660 g/mol. The van der Waals surface area contributed by atoms with E-state index in [1.54, 1.807) is 11.3 Å². The lowest BCUT2D eigenvalue weighted by Crippen LogP contribution is -2.58. The highest BCUT2D eigenvalue weighted by molar-refractivity contribution is 7.33. The molecule has 4 aromatic carbocycles. The van der Waals surface area contributed by atoms with Crippen molar-refractivity contribution >= 4 is 72.5 Å². The fourth-order valence-electron chi connectivity index (χ4n) is 7.11. The van der Waals surface area contributed by atoms with E-state index in [1.807, 2.05) is 91.3 Å². The normalized spacial score (nSPS) is 12.3. The van der Waals surface area contributed by atoms with Gasteiger partial charge in [-0.1, -0.05) is 115 Å². The Labute approximate surface area is 292 Å². The SMILES string of the molecule is c1ccc(B2c3sc4ncccc4c3N(c3nc(-c4ccccc4)nc(-c4ccccc4)n3)c3c2n(-c2ccccc2)c2ncccc32)cc1. The first kappa shape index (κ1) is 28.6. The second kappa shape index (κ2) is 11.6. The maximum Gasteiger partial charge on any atom is 0.281 e. The highest BCUT2D eigenvalue weighted by Gasteiger charge is 2.44. The standard InChI is InChI=1S/C41H26BN7S/c1-5-15-27(16-6-1)37-45-38(28-17-7-2-8-18-28)47-41(46-37)49-33-31-23-13-25-43-39(31)48(30-21-11-4-12-22-30)35(33)42(29-19-9-3-10-20-29)36-34(49)32-24-14-26-44-40(32)50-36/h1-26H. The van der Waals surface area contributed by atoms with Gasteiger partial charge in [0.15, 0.2) is 11.6 Å². The van der Waals surface area contributed by atoms with Crippen molar-refractivity contribution in [3.63, 3.8) is 0 Å². The van der Waals surface area contributed by atoms with Crippen molar-refractivity contribution in [1.29, 1.82) is 0 Å². The van der Waals surface area contributed by atoms with Crippen LogP contribution in [0.3, 0.4) is 0 Å². The minimum atomic E-state index is -0.116. The summed E-state index contributed by atoms with van der Waals surface area (Å²) in [4.78, 5) is 28.7. The first-order valence-electron chi connectivity index (χ1n) is 16.5. The van der Waals surface area contributed by atoms with Crippen LogP contribution in [0.2, 0.25) is 0 Å². The van der Waals surface area contributed by atoms with Crippen LogP contribution in [0.25, 0.3) is 49.7 Å². The van der Waals surface area contributed by atoms with E-state index in [2.05, 4.69) is 76.2 Å². The Kier molecular flexibility index (Phi) is 6.63. The molecule has 0 saturated heterocycles. The first-order valence-corrected chi connectivity index (χ1v) is 17.3. The van der Waals surface area contributed by atoms with E-state index in [9.17, 15) is 0 Å². The van der Waals surface area contributed by atoms with Gasteiger partial charge in [0.2, 0.25) is 5.95 Å². The van der Waals surface area contributed by atoms with Crippen molar-refractivity contribution < 1.29 is 0 Å². The topological polar surface area (TPSA) is 72.6 Å². The second-order valence-electron chi connectivity index (χ2n) is 12.1. The summed E-state index contributed by atoms with van der Waals surface area (Å²) in [5.41, 5.74) is 8.03. The molecule has 9 heteroatoms. The molecule has 0 amide bonds. The number of para-hydroxylation sites is 1. The molecule has 1 aliphatic heterocycles. The van der Waals surface area contributed by atoms with Crippen LogP contribution in [-0.4, -0.2) is 36.2 Å². The zero-order valence-corrected chi connectivity index (χ0v) is 27.4. The number of hydrogen-bond donors (Lipinski definition) is 0. The molecule has 0 spiro atoms.